The fraction of sp³-hybridized carbons (Fsp3) is 0.500. The number of imidazole rings is 1. The molecule has 6 nitrogen and oxygen atoms in total. The minimum Gasteiger partial charge on any atom is -0.381 e. The van der Waals surface area contributed by atoms with Crippen molar-refractivity contribution in [2.24, 2.45) is 13.0 Å². The van der Waals surface area contributed by atoms with Gasteiger partial charge in [0, 0.05) is 32.7 Å². The molecule has 0 aromatic carbocycles. The normalized spacial score (nSPS) is 17.6. The molecule has 3 heterocycles. The summed E-state index contributed by atoms with van der Waals surface area (Å²) in [7, 11) is 2.00. The van der Waals surface area contributed by atoms with Gasteiger partial charge >= 0.3 is 0 Å². The van der Waals surface area contributed by atoms with E-state index in [4.69, 9.17) is 16.3 Å². The highest BCUT2D eigenvalue weighted by Crippen LogP contribution is 2.31. The smallest absolute Gasteiger partial charge is 0.223 e. The molecule has 1 atom stereocenters. The number of aryl methyl sites for hydroxylation is 1. The Labute approximate surface area is 128 Å². The fourth-order valence-electron chi connectivity index (χ4n) is 2.65. The van der Waals surface area contributed by atoms with Gasteiger partial charge in [-0.2, -0.15) is 0 Å². The topological polar surface area (TPSA) is 64.9 Å². The molecule has 1 fully saturated rings. The first-order chi connectivity index (χ1) is 10.2. The van der Waals surface area contributed by atoms with Crippen LogP contribution in [0, 0.1) is 5.92 Å². The maximum Gasteiger partial charge on any atom is 0.223 e. The molecule has 112 valence electrons. The standard InChI is InChI=1S/C14H18ClN5O/c1-20-5-4-16-13(20)12(10-2-6-21-7-3-10)19-14-17-8-11(15)9-18-14/h4-5,8-10,12H,2-3,6-7H2,1H3,(H,17,18,19)/t12-/m0/s1. The lowest BCUT2D eigenvalue weighted by Crippen LogP contribution is -2.29. The maximum atomic E-state index is 5.84. The van der Waals surface area contributed by atoms with E-state index >= 15 is 0 Å². The van der Waals surface area contributed by atoms with E-state index in [9.17, 15) is 0 Å². The lowest BCUT2D eigenvalue weighted by Gasteiger charge is -2.30. The Bertz CT molecular complexity index is 579. The predicted octanol–water partition coefficient (Wildman–Crippen LogP) is 2.44. The molecule has 7 heteroatoms. The Balaban J connectivity index is 1.84. The minimum atomic E-state index is 0.0649. The van der Waals surface area contributed by atoms with Crippen molar-refractivity contribution in [1.29, 1.82) is 0 Å². The first-order valence-corrected chi connectivity index (χ1v) is 7.41. The summed E-state index contributed by atoms with van der Waals surface area (Å²) in [6.45, 7) is 1.57. The van der Waals surface area contributed by atoms with Crippen LogP contribution in [0.4, 0.5) is 5.95 Å². The van der Waals surface area contributed by atoms with Crippen molar-refractivity contribution in [2.45, 2.75) is 18.9 Å². The van der Waals surface area contributed by atoms with E-state index in [1.807, 2.05) is 24.0 Å². The molecule has 1 aliphatic rings. The van der Waals surface area contributed by atoms with Crippen LogP contribution >= 0.6 is 11.6 Å². The van der Waals surface area contributed by atoms with Crippen molar-refractivity contribution < 1.29 is 4.74 Å². The highest BCUT2D eigenvalue weighted by atomic mass is 35.5. The van der Waals surface area contributed by atoms with E-state index in [0.29, 0.717) is 16.9 Å². The fourth-order valence-corrected chi connectivity index (χ4v) is 2.74. The van der Waals surface area contributed by atoms with E-state index in [-0.39, 0.29) is 6.04 Å². The van der Waals surface area contributed by atoms with Gasteiger partial charge in [-0.15, -0.1) is 0 Å². The van der Waals surface area contributed by atoms with Gasteiger partial charge in [0.1, 0.15) is 5.82 Å². The Kier molecular flexibility index (Phi) is 4.36. The second-order valence-electron chi connectivity index (χ2n) is 5.19. The molecule has 0 radical (unpaired) electrons. The van der Waals surface area contributed by atoms with Crippen LogP contribution in [0.5, 0.6) is 0 Å². The van der Waals surface area contributed by atoms with E-state index in [1.54, 1.807) is 12.4 Å². The average molecular weight is 308 g/mol. The number of aromatic nitrogens is 4. The van der Waals surface area contributed by atoms with Crippen LogP contribution in [0.25, 0.3) is 0 Å². The quantitative estimate of drug-likeness (QED) is 0.940. The van der Waals surface area contributed by atoms with Crippen LogP contribution in [0.15, 0.2) is 24.8 Å². The molecule has 0 bridgehead atoms. The lowest BCUT2D eigenvalue weighted by molar-refractivity contribution is 0.0593. The zero-order valence-corrected chi connectivity index (χ0v) is 12.6. The van der Waals surface area contributed by atoms with Crippen LogP contribution in [-0.4, -0.2) is 32.7 Å². The van der Waals surface area contributed by atoms with E-state index in [2.05, 4.69) is 20.3 Å². The first kappa shape index (κ1) is 14.3. The summed E-state index contributed by atoms with van der Waals surface area (Å²) >= 11 is 5.84. The molecule has 1 saturated heterocycles. The third-order valence-corrected chi connectivity index (χ3v) is 3.97. The van der Waals surface area contributed by atoms with Crippen molar-refractivity contribution in [3.05, 3.63) is 35.6 Å². The number of rotatable bonds is 4. The van der Waals surface area contributed by atoms with Crippen LogP contribution in [-0.2, 0) is 11.8 Å². The molecular weight excluding hydrogens is 290 g/mol. The zero-order valence-electron chi connectivity index (χ0n) is 11.9. The molecule has 21 heavy (non-hydrogen) atoms. The zero-order chi connectivity index (χ0) is 14.7. The summed E-state index contributed by atoms with van der Waals surface area (Å²) in [5, 5.41) is 3.93. The number of halogens is 1. The molecule has 1 N–H and O–H groups in total. The Morgan fingerprint density at radius 1 is 1.29 bits per heavy atom. The van der Waals surface area contributed by atoms with E-state index in [1.165, 1.54) is 0 Å². The molecule has 0 spiro atoms. The summed E-state index contributed by atoms with van der Waals surface area (Å²) in [6, 6.07) is 0.0649. The Hall–Kier alpha value is -1.66. The summed E-state index contributed by atoms with van der Waals surface area (Å²) in [5.41, 5.74) is 0. The van der Waals surface area contributed by atoms with Crippen molar-refractivity contribution >= 4 is 17.5 Å². The molecule has 2 aromatic rings. The SMILES string of the molecule is Cn1ccnc1[C@@H](Nc1ncc(Cl)cn1)C1CCOCC1. The molecule has 2 aromatic heterocycles. The second kappa shape index (κ2) is 6.41. The lowest BCUT2D eigenvalue weighted by atomic mass is 9.91. The van der Waals surface area contributed by atoms with Gasteiger partial charge in [-0.25, -0.2) is 15.0 Å². The third kappa shape index (κ3) is 3.33. The van der Waals surface area contributed by atoms with Gasteiger partial charge in [0.2, 0.25) is 5.95 Å². The molecular formula is C14H18ClN5O. The number of nitrogens with zero attached hydrogens (tertiary/aromatic N) is 4. The van der Waals surface area contributed by atoms with Gasteiger partial charge < -0.3 is 14.6 Å². The number of nitrogens with one attached hydrogen (secondary N) is 1. The van der Waals surface area contributed by atoms with Crippen molar-refractivity contribution in [2.75, 3.05) is 18.5 Å². The van der Waals surface area contributed by atoms with Gasteiger partial charge in [0.05, 0.1) is 23.5 Å². The van der Waals surface area contributed by atoms with Crippen LogP contribution in [0.2, 0.25) is 5.02 Å². The van der Waals surface area contributed by atoms with Crippen LogP contribution in [0.3, 0.4) is 0 Å². The maximum absolute atomic E-state index is 5.84. The van der Waals surface area contributed by atoms with Gasteiger partial charge in [0.25, 0.3) is 0 Å². The third-order valence-electron chi connectivity index (χ3n) is 3.78. The van der Waals surface area contributed by atoms with E-state index < -0.39 is 0 Å². The van der Waals surface area contributed by atoms with Gasteiger partial charge in [-0.3, -0.25) is 0 Å². The highest BCUT2D eigenvalue weighted by molar-refractivity contribution is 6.30. The monoisotopic (exact) mass is 307 g/mol. The largest absolute Gasteiger partial charge is 0.381 e. The highest BCUT2D eigenvalue weighted by Gasteiger charge is 2.28. The molecule has 0 saturated carbocycles. The Morgan fingerprint density at radius 2 is 2.00 bits per heavy atom. The average Bonchev–Trinajstić information content (AvgIpc) is 2.93. The number of ether oxygens (including phenoxy) is 1. The molecule has 3 rings (SSSR count). The van der Waals surface area contributed by atoms with Crippen molar-refractivity contribution in [1.82, 2.24) is 19.5 Å². The number of hydrogen-bond acceptors (Lipinski definition) is 5. The first-order valence-electron chi connectivity index (χ1n) is 7.03. The number of hydrogen-bond donors (Lipinski definition) is 1. The van der Waals surface area contributed by atoms with Crippen LogP contribution in [0.1, 0.15) is 24.7 Å². The van der Waals surface area contributed by atoms with Gasteiger partial charge in [-0.05, 0) is 18.8 Å². The molecule has 0 unspecified atom stereocenters. The van der Waals surface area contributed by atoms with Crippen molar-refractivity contribution in [3.63, 3.8) is 0 Å². The van der Waals surface area contributed by atoms with Crippen molar-refractivity contribution in [3.8, 4) is 0 Å². The summed E-state index contributed by atoms with van der Waals surface area (Å²) in [4.78, 5) is 12.9. The van der Waals surface area contributed by atoms with Gasteiger partial charge in [-0.1, -0.05) is 11.6 Å². The van der Waals surface area contributed by atoms with Gasteiger partial charge in [0.15, 0.2) is 0 Å². The summed E-state index contributed by atoms with van der Waals surface area (Å²) in [5.74, 6) is 2.00. The minimum absolute atomic E-state index is 0.0649. The molecule has 1 aliphatic heterocycles. The van der Waals surface area contributed by atoms with E-state index in [0.717, 1.165) is 31.9 Å². The summed E-state index contributed by atoms with van der Waals surface area (Å²) < 4.78 is 7.49. The molecule has 0 aliphatic carbocycles. The number of anilines is 1. The van der Waals surface area contributed by atoms with Crippen LogP contribution < -0.4 is 5.32 Å². The predicted molar refractivity (Wildman–Crippen MR) is 80.2 cm³/mol. The second-order valence-corrected chi connectivity index (χ2v) is 5.63. The summed E-state index contributed by atoms with van der Waals surface area (Å²) in [6.07, 6.45) is 8.95. The molecule has 0 amide bonds. The Morgan fingerprint density at radius 3 is 2.62 bits per heavy atom.